The molecule has 7 nitrogen and oxygen atoms in total. The summed E-state index contributed by atoms with van der Waals surface area (Å²) >= 11 is 1.22. The Labute approximate surface area is 173 Å². The molecule has 0 aliphatic rings. The van der Waals surface area contributed by atoms with Crippen molar-refractivity contribution in [2.45, 2.75) is 32.6 Å². The summed E-state index contributed by atoms with van der Waals surface area (Å²) in [6.45, 7) is 2.09. The molecule has 2 heterocycles. The number of nitrogens with zero attached hydrogens (tertiary/aromatic N) is 2. The molecule has 0 unspecified atom stereocenters. The van der Waals surface area contributed by atoms with E-state index in [0.717, 1.165) is 30.6 Å². The largest absolute Gasteiger partial charge is 0.497 e. The molecular weight excluding hydrogens is 390 g/mol. The van der Waals surface area contributed by atoms with Crippen molar-refractivity contribution in [1.29, 1.82) is 0 Å². The number of ketones is 1. The van der Waals surface area contributed by atoms with Crippen LogP contribution in [0.5, 0.6) is 5.75 Å². The van der Waals surface area contributed by atoms with Gasteiger partial charge in [0, 0.05) is 18.5 Å². The first-order valence-corrected chi connectivity index (χ1v) is 10.2. The third kappa shape index (κ3) is 5.74. The van der Waals surface area contributed by atoms with E-state index in [9.17, 15) is 9.59 Å². The fourth-order valence-corrected chi connectivity index (χ4v) is 3.55. The number of Topliss-reactive ketones (excluding diaryl/α,β-unsaturated/α-hetero) is 1. The first-order valence-electron chi connectivity index (χ1n) is 9.43. The number of benzene rings is 1. The molecule has 8 heteroatoms. The molecule has 152 valence electrons. The maximum Gasteiger partial charge on any atom is 0.261 e. The maximum absolute atomic E-state index is 12.1. The Kier molecular flexibility index (Phi) is 7.13. The summed E-state index contributed by atoms with van der Waals surface area (Å²) in [4.78, 5) is 28.9. The van der Waals surface area contributed by atoms with Gasteiger partial charge in [0.05, 0.1) is 16.9 Å². The number of carbonyl (C=O) groups excluding carboxylic acids is 2. The minimum absolute atomic E-state index is 0.0229. The number of nitrogens with one attached hydrogen (secondary N) is 1. The molecule has 29 heavy (non-hydrogen) atoms. The van der Waals surface area contributed by atoms with E-state index in [2.05, 4.69) is 15.5 Å². The van der Waals surface area contributed by atoms with Crippen molar-refractivity contribution in [2.24, 2.45) is 0 Å². The minimum Gasteiger partial charge on any atom is -0.497 e. The Bertz CT molecular complexity index is 962. The summed E-state index contributed by atoms with van der Waals surface area (Å²) < 4.78 is 10.5. The van der Waals surface area contributed by atoms with Crippen molar-refractivity contribution in [1.82, 2.24) is 15.5 Å². The van der Waals surface area contributed by atoms with E-state index >= 15 is 0 Å². The van der Waals surface area contributed by atoms with Crippen molar-refractivity contribution in [2.75, 3.05) is 13.7 Å². The smallest absolute Gasteiger partial charge is 0.261 e. The van der Waals surface area contributed by atoms with Gasteiger partial charge in [0.25, 0.3) is 5.91 Å². The van der Waals surface area contributed by atoms with Crippen LogP contribution in [0.4, 0.5) is 0 Å². The molecule has 0 saturated heterocycles. The van der Waals surface area contributed by atoms with E-state index in [1.807, 2.05) is 24.3 Å². The normalized spacial score (nSPS) is 10.7. The molecular formula is C21H23N3O4S. The quantitative estimate of drug-likeness (QED) is 0.396. The van der Waals surface area contributed by atoms with Gasteiger partial charge in [-0.15, -0.1) is 11.3 Å². The average Bonchev–Trinajstić information content (AvgIpc) is 3.40. The van der Waals surface area contributed by atoms with Crippen LogP contribution in [0.15, 0.2) is 40.9 Å². The predicted molar refractivity (Wildman–Crippen MR) is 110 cm³/mol. The maximum atomic E-state index is 12.1. The number of hydrogen-bond acceptors (Lipinski definition) is 7. The van der Waals surface area contributed by atoms with E-state index in [4.69, 9.17) is 9.26 Å². The van der Waals surface area contributed by atoms with Gasteiger partial charge in [-0.2, -0.15) is 4.98 Å². The van der Waals surface area contributed by atoms with Crippen LogP contribution in [0.1, 0.15) is 51.4 Å². The fraction of sp³-hybridized carbons (Fsp3) is 0.333. The Morgan fingerprint density at radius 1 is 1.07 bits per heavy atom. The minimum atomic E-state index is -0.136. The zero-order chi connectivity index (χ0) is 20.6. The van der Waals surface area contributed by atoms with Crippen LogP contribution in [0.25, 0.3) is 11.4 Å². The lowest BCUT2D eigenvalue weighted by molar-refractivity contribution is 0.0956. The van der Waals surface area contributed by atoms with Crippen LogP contribution >= 0.6 is 11.3 Å². The van der Waals surface area contributed by atoms with Gasteiger partial charge in [0.1, 0.15) is 5.75 Å². The summed E-state index contributed by atoms with van der Waals surface area (Å²) in [6, 6.07) is 10.9. The molecule has 0 atom stereocenters. The van der Waals surface area contributed by atoms with E-state index in [1.54, 1.807) is 19.2 Å². The second-order valence-electron chi connectivity index (χ2n) is 6.53. The number of hydrogen-bond donors (Lipinski definition) is 1. The van der Waals surface area contributed by atoms with Crippen molar-refractivity contribution >= 4 is 23.0 Å². The molecule has 1 aromatic carbocycles. The summed E-state index contributed by atoms with van der Waals surface area (Å²) in [7, 11) is 1.62. The second kappa shape index (κ2) is 9.97. The molecule has 0 spiro atoms. The van der Waals surface area contributed by atoms with Gasteiger partial charge in [-0.25, -0.2) is 0 Å². The van der Waals surface area contributed by atoms with Gasteiger partial charge < -0.3 is 14.6 Å². The van der Waals surface area contributed by atoms with Gasteiger partial charge in [0.15, 0.2) is 5.78 Å². The Morgan fingerprint density at radius 3 is 2.52 bits per heavy atom. The molecule has 3 aromatic rings. The molecule has 1 amide bonds. The number of aromatic nitrogens is 2. The lowest BCUT2D eigenvalue weighted by atomic mass is 10.2. The van der Waals surface area contributed by atoms with E-state index in [0.29, 0.717) is 34.4 Å². The highest BCUT2D eigenvalue weighted by Crippen LogP contribution is 2.20. The van der Waals surface area contributed by atoms with E-state index in [1.165, 1.54) is 18.3 Å². The lowest BCUT2D eigenvalue weighted by Crippen LogP contribution is -2.23. The SMILES string of the molecule is COc1ccc(-c2noc(CCCCCNC(=O)c3ccc(C(C)=O)s3)n2)cc1. The van der Waals surface area contributed by atoms with Crippen LogP contribution < -0.4 is 10.1 Å². The molecule has 0 fully saturated rings. The summed E-state index contributed by atoms with van der Waals surface area (Å²) in [5, 5.41) is 6.90. The average molecular weight is 413 g/mol. The van der Waals surface area contributed by atoms with Crippen LogP contribution in [-0.4, -0.2) is 35.5 Å². The highest BCUT2D eigenvalue weighted by Gasteiger charge is 2.11. The van der Waals surface area contributed by atoms with Crippen LogP contribution in [0.3, 0.4) is 0 Å². The molecule has 0 bridgehead atoms. The number of carbonyl (C=O) groups is 2. The van der Waals surface area contributed by atoms with Gasteiger partial charge in [0.2, 0.25) is 11.7 Å². The monoisotopic (exact) mass is 413 g/mol. The number of aryl methyl sites for hydroxylation is 1. The van der Waals surface area contributed by atoms with Crippen LogP contribution in [-0.2, 0) is 6.42 Å². The fourth-order valence-electron chi connectivity index (χ4n) is 2.73. The highest BCUT2D eigenvalue weighted by atomic mass is 32.1. The van der Waals surface area contributed by atoms with Gasteiger partial charge in [-0.1, -0.05) is 11.6 Å². The molecule has 0 aliphatic heterocycles. The standard InChI is InChI=1S/C21H23N3O4S/c1-14(25)17-11-12-18(29-17)21(26)22-13-5-3-4-6-19-23-20(24-28-19)15-7-9-16(27-2)10-8-15/h7-12H,3-6,13H2,1-2H3,(H,22,26). The van der Waals surface area contributed by atoms with E-state index < -0.39 is 0 Å². The summed E-state index contributed by atoms with van der Waals surface area (Å²) in [5.74, 6) is 1.79. The molecule has 0 aliphatic carbocycles. The summed E-state index contributed by atoms with van der Waals surface area (Å²) in [5.41, 5.74) is 0.880. The Hall–Kier alpha value is -3.00. The summed E-state index contributed by atoms with van der Waals surface area (Å²) in [6.07, 6.45) is 3.39. The molecule has 0 saturated carbocycles. The van der Waals surface area contributed by atoms with Crippen molar-refractivity contribution < 1.29 is 18.8 Å². The van der Waals surface area contributed by atoms with Gasteiger partial charge >= 0.3 is 0 Å². The van der Waals surface area contributed by atoms with Crippen molar-refractivity contribution in [3.05, 3.63) is 52.0 Å². The first kappa shape index (κ1) is 20.7. The molecule has 1 N–H and O–H groups in total. The predicted octanol–water partition coefficient (Wildman–Crippen LogP) is 4.15. The van der Waals surface area contributed by atoms with Gasteiger partial charge in [-0.3, -0.25) is 9.59 Å². The lowest BCUT2D eigenvalue weighted by Gasteiger charge is -2.03. The second-order valence-corrected chi connectivity index (χ2v) is 7.61. The molecule has 2 aromatic heterocycles. The van der Waals surface area contributed by atoms with Crippen LogP contribution in [0.2, 0.25) is 0 Å². The number of ether oxygens (including phenoxy) is 1. The zero-order valence-corrected chi connectivity index (χ0v) is 17.3. The number of thiophene rings is 1. The van der Waals surface area contributed by atoms with Crippen molar-refractivity contribution in [3.63, 3.8) is 0 Å². The number of unbranched alkanes of at least 4 members (excludes halogenated alkanes) is 2. The first-order chi connectivity index (χ1) is 14.1. The molecule has 0 radical (unpaired) electrons. The Balaban J connectivity index is 1.36. The molecule has 3 rings (SSSR count). The number of amides is 1. The van der Waals surface area contributed by atoms with E-state index in [-0.39, 0.29) is 11.7 Å². The highest BCUT2D eigenvalue weighted by molar-refractivity contribution is 7.15. The number of rotatable bonds is 10. The zero-order valence-electron chi connectivity index (χ0n) is 16.4. The van der Waals surface area contributed by atoms with Crippen LogP contribution in [0, 0.1) is 0 Å². The topological polar surface area (TPSA) is 94.3 Å². The van der Waals surface area contributed by atoms with Crippen molar-refractivity contribution in [3.8, 4) is 17.1 Å². The van der Waals surface area contributed by atoms with Gasteiger partial charge in [-0.05, 0) is 56.2 Å². The third-order valence-corrected chi connectivity index (χ3v) is 5.53. The number of methoxy groups -OCH3 is 1. The Morgan fingerprint density at radius 2 is 1.83 bits per heavy atom. The third-order valence-electron chi connectivity index (χ3n) is 4.35.